The Balaban J connectivity index is 2.88. The number of hydrogen-bond donors (Lipinski definition) is 1. The summed E-state index contributed by atoms with van der Waals surface area (Å²) in [7, 11) is 3.51. The summed E-state index contributed by atoms with van der Waals surface area (Å²) >= 11 is 0. The number of rotatable bonds is 5. The second-order valence-corrected chi connectivity index (χ2v) is 4.36. The lowest BCUT2D eigenvalue weighted by atomic mass is 10.2. The number of aliphatic hydroxyl groups excluding tert-OH is 1. The lowest BCUT2D eigenvalue weighted by Gasteiger charge is -2.23. The topological polar surface area (TPSA) is 56.7 Å². The number of halogens is 3. The number of aromatic nitrogens is 1. The van der Waals surface area contributed by atoms with Crippen molar-refractivity contribution in [2.45, 2.75) is 6.18 Å². The van der Waals surface area contributed by atoms with E-state index in [4.69, 9.17) is 5.11 Å². The van der Waals surface area contributed by atoms with E-state index >= 15 is 0 Å². The van der Waals surface area contributed by atoms with Crippen LogP contribution in [0.2, 0.25) is 0 Å². The zero-order chi connectivity index (χ0) is 15.3. The van der Waals surface area contributed by atoms with Crippen molar-refractivity contribution in [3.63, 3.8) is 0 Å². The molecule has 8 heteroatoms. The molecule has 1 N–H and O–H groups in total. The van der Waals surface area contributed by atoms with Gasteiger partial charge in [0, 0.05) is 26.8 Å². The number of aliphatic hydroxyl groups is 1. The quantitative estimate of drug-likeness (QED) is 0.884. The molecule has 1 aromatic heterocycles. The largest absolute Gasteiger partial charge is 0.406 e. The van der Waals surface area contributed by atoms with Crippen molar-refractivity contribution in [2.24, 2.45) is 0 Å². The molecule has 0 saturated heterocycles. The van der Waals surface area contributed by atoms with Crippen molar-refractivity contribution in [1.82, 2.24) is 9.88 Å². The van der Waals surface area contributed by atoms with Gasteiger partial charge >= 0.3 is 6.18 Å². The molecule has 0 saturated carbocycles. The molecule has 0 spiro atoms. The highest BCUT2D eigenvalue weighted by Crippen LogP contribution is 2.18. The minimum atomic E-state index is -4.51. The van der Waals surface area contributed by atoms with Gasteiger partial charge in [-0.3, -0.25) is 4.79 Å². The lowest BCUT2D eigenvalue weighted by Crippen LogP contribution is -2.40. The first-order chi connectivity index (χ1) is 9.24. The normalized spacial score (nSPS) is 11.3. The van der Waals surface area contributed by atoms with E-state index < -0.39 is 25.2 Å². The van der Waals surface area contributed by atoms with Crippen LogP contribution in [0.1, 0.15) is 10.4 Å². The number of nitrogens with zero attached hydrogens (tertiary/aromatic N) is 3. The fourth-order valence-electron chi connectivity index (χ4n) is 1.55. The van der Waals surface area contributed by atoms with E-state index in [0.29, 0.717) is 10.7 Å². The molecule has 0 aliphatic rings. The standard InChI is InChI=1S/C12H16F3N3O2/c1-17(2)10-4-3-9(7-16-10)11(20)18(5-6-19)8-12(13,14)15/h3-4,7,19H,5-6,8H2,1-2H3. The molecular weight excluding hydrogens is 275 g/mol. The van der Waals surface area contributed by atoms with Crippen molar-refractivity contribution in [1.29, 1.82) is 0 Å². The summed E-state index contributed by atoms with van der Waals surface area (Å²) in [5, 5.41) is 8.76. The van der Waals surface area contributed by atoms with Gasteiger partial charge in [0.15, 0.2) is 0 Å². The first-order valence-corrected chi connectivity index (χ1v) is 5.85. The number of carbonyl (C=O) groups is 1. The summed E-state index contributed by atoms with van der Waals surface area (Å²) in [6.07, 6.45) is -3.29. The molecule has 0 unspecified atom stereocenters. The molecule has 112 valence electrons. The zero-order valence-corrected chi connectivity index (χ0v) is 11.2. The van der Waals surface area contributed by atoms with E-state index in [1.807, 2.05) is 0 Å². The molecule has 1 heterocycles. The number of pyridine rings is 1. The Morgan fingerprint density at radius 2 is 2.00 bits per heavy atom. The van der Waals surface area contributed by atoms with Crippen molar-refractivity contribution < 1.29 is 23.1 Å². The average Bonchev–Trinajstić information content (AvgIpc) is 2.36. The van der Waals surface area contributed by atoms with E-state index in [9.17, 15) is 18.0 Å². The van der Waals surface area contributed by atoms with E-state index in [0.717, 1.165) is 0 Å². The molecule has 5 nitrogen and oxygen atoms in total. The van der Waals surface area contributed by atoms with Crippen LogP contribution in [0.5, 0.6) is 0 Å². The predicted octanol–water partition coefficient (Wildman–Crippen LogP) is 1.14. The monoisotopic (exact) mass is 291 g/mol. The van der Waals surface area contributed by atoms with Crippen molar-refractivity contribution in [3.05, 3.63) is 23.9 Å². The Hall–Kier alpha value is -1.83. The Morgan fingerprint density at radius 3 is 2.40 bits per heavy atom. The second-order valence-electron chi connectivity index (χ2n) is 4.36. The van der Waals surface area contributed by atoms with Gasteiger partial charge < -0.3 is 14.9 Å². The van der Waals surface area contributed by atoms with Crippen LogP contribution < -0.4 is 4.90 Å². The van der Waals surface area contributed by atoms with Gasteiger partial charge in [0.05, 0.1) is 12.2 Å². The third-order valence-corrected chi connectivity index (χ3v) is 2.48. The van der Waals surface area contributed by atoms with Gasteiger partial charge in [-0.05, 0) is 12.1 Å². The molecule has 0 radical (unpaired) electrons. The molecule has 0 bridgehead atoms. The third kappa shape index (κ3) is 4.69. The fourth-order valence-corrected chi connectivity index (χ4v) is 1.55. The average molecular weight is 291 g/mol. The summed E-state index contributed by atoms with van der Waals surface area (Å²) in [6, 6.07) is 2.95. The molecule has 0 fully saturated rings. The van der Waals surface area contributed by atoms with Crippen LogP contribution in [0.4, 0.5) is 19.0 Å². The summed E-state index contributed by atoms with van der Waals surface area (Å²) in [6.45, 7) is -2.32. The van der Waals surface area contributed by atoms with Crippen LogP contribution in [0.25, 0.3) is 0 Å². The number of carbonyl (C=O) groups excluding carboxylic acids is 1. The zero-order valence-electron chi connectivity index (χ0n) is 11.2. The molecule has 0 atom stereocenters. The Labute approximate surface area is 114 Å². The van der Waals surface area contributed by atoms with Gasteiger partial charge in [-0.1, -0.05) is 0 Å². The SMILES string of the molecule is CN(C)c1ccc(C(=O)N(CCO)CC(F)(F)F)cn1. The van der Waals surface area contributed by atoms with Gasteiger partial charge in [-0.15, -0.1) is 0 Å². The molecule has 0 aromatic carbocycles. The van der Waals surface area contributed by atoms with Gasteiger partial charge in [0.1, 0.15) is 12.4 Å². The molecule has 1 rings (SSSR count). The minimum absolute atomic E-state index is 0.0494. The van der Waals surface area contributed by atoms with Gasteiger partial charge in [-0.25, -0.2) is 4.98 Å². The van der Waals surface area contributed by atoms with Gasteiger partial charge in [0.2, 0.25) is 0 Å². The highest BCUT2D eigenvalue weighted by atomic mass is 19.4. The van der Waals surface area contributed by atoms with Gasteiger partial charge in [-0.2, -0.15) is 13.2 Å². The van der Waals surface area contributed by atoms with Crippen LogP contribution >= 0.6 is 0 Å². The molecule has 0 aliphatic carbocycles. The van der Waals surface area contributed by atoms with E-state index in [1.54, 1.807) is 19.0 Å². The third-order valence-electron chi connectivity index (χ3n) is 2.48. The highest BCUT2D eigenvalue weighted by Gasteiger charge is 2.33. The summed E-state index contributed by atoms with van der Waals surface area (Å²) in [5.74, 6) is -0.222. The summed E-state index contributed by atoms with van der Waals surface area (Å²) < 4.78 is 37.1. The smallest absolute Gasteiger partial charge is 0.395 e. The Morgan fingerprint density at radius 1 is 1.35 bits per heavy atom. The maximum atomic E-state index is 12.4. The summed E-state index contributed by atoms with van der Waals surface area (Å²) in [5.41, 5.74) is 0.0494. The highest BCUT2D eigenvalue weighted by molar-refractivity contribution is 5.94. The minimum Gasteiger partial charge on any atom is -0.395 e. The second kappa shape index (κ2) is 6.56. The van der Waals surface area contributed by atoms with E-state index in [-0.39, 0.29) is 12.1 Å². The number of alkyl halides is 3. The first-order valence-electron chi connectivity index (χ1n) is 5.85. The molecule has 1 aromatic rings. The van der Waals surface area contributed by atoms with Crippen LogP contribution in [0.15, 0.2) is 18.3 Å². The Bertz CT molecular complexity index is 446. The first kappa shape index (κ1) is 16.2. The number of hydrogen-bond acceptors (Lipinski definition) is 4. The molecule has 20 heavy (non-hydrogen) atoms. The predicted molar refractivity (Wildman–Crippen MR) is 67.6 cm³/mol. The summed E-state index contributed by atoms with van der Waals surface area (Å²) in [4.78, 5) is 18.2. The van der Waals surface area contributed by atoms with E-state index in [1.165, 1.54) is 18.3 Å². The van der Waals surface area contributed by atoms with E-state index in [2.05, 4.69) is 4.98 Å². The number of anilines is 1. The maximum Gasteiger partial charge on any atom is 0.406 e. The molecular formula is C12H16F3N3O2. The van der Waals surface area contributed by atoms with Crippen LogP contribution in [0, 0.1) is 0 Å². The maximum absolute atomic E-state index is 12.4. The van der Waals surface area contributed by atoms with Crippen LogP contribution in [-0.2, 0) is 0 Å². The van der Waals surface area contributed by atoms with Crippen molar-refractivity contribution in [2.75, 3.05) is 38.7 Å². The van der Waals surface area contributed by atoms with Crippen LogP contribution in [-0.4, -0.2) is 60.9 Å². The molecule has 1 amide bonds. The van der Waals surface area contributed by atoms with Crippen molar-refractivity contribution >= 4 is 11.7 Å². The van der Waals surface area contributed by atoms with Gasteiger partial charge in [0.25, 0.3) is 5.91 Å². The molecule has 0 aliphatic heterocycles. The fraction of sp³-hybridized carbons (Fsp3) is 0.500. The Kier molecular flexibility index (Phi) is 5.32. The van der Waals surface area contributed by atoms with Crippen molar-refractivity contribution in [3.8, 4) is 0 Å². The number of amides is 1. The lowest BCUT2D eigenvalue weighted by molar-refractivity contribution is -0.141. The van der Waals surface area contributed by atoms with Crippen LogP contribution in [0.3, 0.4) is 0 Å².